The normalized spacial score (nSPS) is 44.6. The molecular weight excluding hydrogens is 324 g/mol. The van der Waals surface area contributed by atoms with E-state index in [9.17, 15) is 9.59 Å². The molecule has 4 aliphatic carbocycles. The average molecular weight is 359 g/mol. The van der Waals surface area contributed by atoms with Crippen molar-refractivity contribution >= 4 is 11.8 Å². The summed E-state index contributed by atoms with van der Waals surface area (Å²) in [4.78, 5) is 24.0. The molecule has 0 N–H and O–H groups in total. The van der Waals surface area contributed by atoms with Crippen LogP contribution in [0.3, 0.4) is 0 Å². The molecule has 0 bridgehead atoms. The molecule has 6 atom stereocenters. The lowest BCUT2D eigenvalue weighted by molar-refractivity contribution is -0.159. The maximum Gasteiger partial charge on any atom is 0.306 e. The molecule has 0 aromatic rings. The highest BCUT2D eigenvalue weighted by Gasteiger charge is 2.59. The van der Waals surface area contributed by atoms with E-state index in [1.165, 1.54) is 31.3 Å². The van der Waals surface area contributed by atoms with Gasteiger partial charge in [-0.2, -0.15) is 0 Å². The van der Waals surface area contributed by atoms with Crippen LogP contribution < -0.4 is 0 Å². The Kier molecular flexibility index (Phi) is 4.56. The summed E-state index contributed by atoms with van der Waals surface area (Å²) in [6, 6.07) is 0. The van der Waals surface area contributed by atoms with Gasteiger partial charge in [-0.15, -0.1) is 0 Å². The fraction of sp³-hybridized carbons (Fsp3) is 0.826. The molecule has 0 aliphatic heterocycles. The van der Waals surface area contributed by atoms with Crippen molar-refractivity contribution in [2.24, 2.45) is 28.6 Å². The fourth-order valence-electron chi connectivity index (χ4n) is 7.13. The van der Waals surface area contributed by atoms with Crippen LogP contribution >= 0.6 is 0 Å². The van der Waals surface area contributed by atoms with E-state index >= 15 is 0 Å². The zero-order valence-corrected chi connectivity index (χ0v) is 16.7. The van der Waals surface area contributed by atoms with Crippen molar-refractivity contribution in [3.05, 3.63) is 11.6 Å². The molecule has 3 nitrogen and oxygen atoms in total. The molecule has 0 saturated heterocycles. The summed E-state index contributed by atoms with van der Waals surface area (Å²) in [6.07, 6.45) is 12.2. The third-order valence-corrected chi connectivity index (χ3v) is 8.60. The number of rotatable bonds is 3. The van der Waals surface area contributed by atoms with Gasteiger partial charge < -0.3 is 4.74 Å². The lowest BCUT2D eigenvalue weighted by Crippen LogP contribution is -2.51. The first-order valence-electron chi connectivity index (χ1n) is 10.8. The summed E-state index contributed by atoms with van der Waals surface area (Å²) < 4.78 is 5.95. The number of carbonyl (C=O) groups is 2. The Labute approximate surface area is 157 Å². The van der Waals surface area contributed by atoms with Gasteiger partial charge in [-0.3, -0.25) is 9.59 Å². The van der Waals surface area contributed by atoms with Gasteiger partial charge in [-0.05, 0) is 80.6 Å². The predicted molar refractivity (Wildman–Crippen MR) is 101 cm³/mol. The summed E-state index contributed by atoms with van der Waals surface area (Å²) in [6.45, 7) is 6.86. The third-order valence-electron chi connectivity index (χ3n) is 8.60. The molecule has 0 spiro atoms. The first kappa shape index (κ1) is 18.3. The molecular formula is C23H34O3. The summed E-state index contributed by atoms with van der Waals surface area (Å²) in [5.41, 5.74) is 1.82. The van der Waals surface area contributed by atoms with Gasteiger partial charge in [0.25, 0.3) is 0 Å². The van der Waals surface area contributed by atoms with Crippen LogP contribution in [0.1, 0.15) is 85.0 Å². The molecule has 0 unspecified atom stereocenters. The average Bonchev–Trinajstić information content (AvgIpc) is 2.92. The number of fused-ring (bicyclic) bond motifs is 5. The molecule has 0 aromatic carbocycles. The molecule has 4 aliphatic rings. The second kappa shape index (κ2) is 6.49. The number of ether oxygens (including phenoxy) is 1. The van der Waals surface area contributed by atoms with Crippen LogP contribution in [0.4, 0.5) is 0 Å². The van der Waals surface area contributed by atoms with E-state index in [-0.39, 0.29) is 22.9 Å². The molecule has 0 heterocycles. The Morgan fingerprint density at radius 2 is 1.92 bits per heavy atom. The highest BCUT2D eigenvalue weighted by Crippen LogP contribution is 2.65. The van der Waals surface area contributed by atoms with Crippen molar-refractivity contribution in [1.82, 2.24) is 0 Å². The zero-order chi connectivity index (χ0) is 18.5. The molecule has 3 heteroatoms. The zero-order valence-electron chi connectivity index (χ0n) is 16.7. The number of allylic oxidation sites excluding steroid dienone is 1. The molecule has 144 valence electrons. The quantitative estimate of drug-likeness (QED) is 0.649. The van der Waals surface area contributed by atoms with Crippen molar-refractivity contribution in [3.8, 4) is 0 Å². The summed E-state index contributed by atoms with van der Waals surface area (Å²) in [5, 5.41) is 0. The number of ketones is 1. The van der Waals surface area contributed by atoms with Crippen molar-refractivity contribution in [1.29, 1.82) is 0 Å². The van der Waals surface area contributed by atoms with Crippen LogP contribution in [0.2, 0.25) is 0 Å². The standard InChI is InChI=1S/C23H34O3/c1-4-5-21(25)26-20-9-8-18-17-7-6-15-14-16(24)10-12-22(15,2)19(17)11-13-23(18,20)3/h14,17-20H,4-13H2,1-3H3/t17-,18-,19-,20-,22-,23-/m0/s1. The summed E-state index contributed by atoms with van der Waals surface area (Å²) in [7, 11) is 0. The topological polar surface area (TPSA) is 43.4 Å². The van der Waals surface area contributed by atoms with E-state index in [1.54, 1.807) is 0 Å². The Morgan fingerprint density at radius 3 is 2.69 bits per heavy atom. The monoisotopic (exact) mass is 358 g/mol. The fourth-order valence-corrected chi connectivity index (χ4v) is 7.13. The summed E-state index contributed by atoms with van der Waals surface area (Å²) in [5.74, 6) is 2.45. The Balaban J connectivity index is 1.55. The number of esters is 1. The van der Waals surface area contributed by atoms with Gasteiger partial charge >= 0.3 is 5.97 Å². The van der Waals surface area contributed by atoms with Gasteiger partial charge in [0.05, 0.1) is 0 Å². The smallest absolute Gasteiger partial charge is 0.306 e. The van der Waals surface area contributed by atoms with Crippen LogP contribution in [0.5, 0.6) is 0 Å². The Bertz CT molecular complexity index is 635. The maximum atomic E-state index is 12.1. The maximum absolute atomic E-state index is 12.1. The lowest BCUT2D eigenvalue weighted by Gasteiger charge is -2.57. The van der Waals surface area contributed by atoms with Gasteiger partial charge in [0.15, 0.2) is 5.78 Å². The highest BCUT2D eigenvalue weighted by molar-refractivity contribution is 5.91. The number of carbonyl (C=O) groups excluding carboxylic acids is 2. The van der Waals surface area contributed by atoms with Crippen molar-refractivity contribution in [2.75, 3.05) is 0 Å². The number of hydrogen-bond donors (Lipinski definition) is 0. The largest absolute Gasteiger partial charge is 0.462 e. The van der Waals surface area contributed by atoms with Crippen LogP contribution in [-0.4, -0.2) is 17.9 Å². The second-order valence-electron chi connectivity index (χ2n) is 9.82. The van der Waals surface area contributed by atoms with Gasteiger partial charge in [-0.25, -0.2) is 0 Å². The minimum Gasteiger partial charge on any atom is -0.462 e. The van der Waals surface area contributed by atoms with E-state index in [2.05, 4.69) is 13.8 Å². The van der Waals surface area contributed by atoms with Crippen LogP contribution in [0, 0.1) is 28.6 Å². The molecule has 0 radical (unpaired) electrons. The van der Waals surface area contributed by atoms with Crippen molar-refractivity contribution < 1.29 is 14.3 Å². The van der Waals surface area contributed by atoms with Gasteiger partial charge in [-0.1, -0.05) is 26.3 Å². The Hall–Kier alpha value is -1.12. The predicted octanol–water partition coefficient (Wildman–Crippen LogP) is 5.23. The van der Waals surface area contributed by atoms with E-state index in [0.29, 0.717) is 24.0 Å². The SMILES string of the molecule is CCCC(=O)O[C@H]1CC[C@H]2[C@@H]3CCC4=CC(=O)CC[C@]4(C)[C@H]3CC[C@]12C. The van der Waals surface area contributed by atoms with Crippen LogP contribution in [0.25, 0.3) is 0 Å². The minimum absolute atomic E-state index is 0.00637. The van der Waals surface area contributed by atoms with Gasteiger partial charge in [0.2, 0.25) is 0 Å². The van der Waals surface area contributed by atoms with Crippen molar-refractivity contribution in [2.45, 2.75) is 91.1 Å². The Morgan fingerprint density at radius 1 is 1.12 bits per heavy atom. The van der Waals surface area contributed by atoms with Crippen LogP contribution in [0.15, 0.2) is 11.6 Å². The highest BCUT2D eigenvalue weighted by atomic mass is 16.5. The van der Waals surface area contributed by atoms with Gasteiger partial charge in [0, 0.05) is 18.3 Å². The molecule has 4 rings (SSSR count). The van der Waals surface area contributed by atoms with E-state index in [1.807, 2.05) is 13.0 Å². The third kappa shape index (κ3) is 2.68. The van der Waals surface area contributed by atoms with Gasteiger partial charge in [0.1, 0.15) is 6.10 Å². The minimum atomic E-state index is -0.00637. The molecule has 0 aromatic heterocycles. The summed E-state index contributed by atoms with van der Waals surface area (Å²) >= 11 is 0. The van der Waals surface area contributed by atoms with Crippen LogP contribution in [-0.2, 0) is 14.3 Å². The number of hydrogen-bond acceptors (Lipinski definition) is 3. The first-order valence-corrected chi connectivity index (χ1v) is 10.8. The first-order chi connectivity index (χ1) is 12.4. The molecule has 0 amide bonds. The molecule has 26 heavy (non-hydrogen) atoms. The molecule has 3 saturated carbocycles. The van der Waals surface area contributed by atoms with E-state index in [4.69, 9.17) is 4.74 Å². The van der Waals surface area contributed by atoms with E-state index < -0.39 is 0 Å². The molecule has 3 fully saturated rings. The van der Waals surface area contributed by atoms with Crippen molar-refractivity contribution in [3.63, 3.8) is 0 Å². The lowest BCUT2D eigenvalue weighted by atomic mass is 9.47. The second-order valence-corrected chi connectivity index (χ2v) is 9.82. The van der Waals surface area contributed by atoms with E-state index in [0.717, 1.165) is 38.0 Å².